The van der Waals surface area contributed by atoms with Crippen LogP contribution in [0.25, 0.3) is 5.65 Å². The van der Waals surface area contributed by atoms with Crippen molar-refractivity contribution in [2.75, 3.05) is 25.0 Å². The number of aromatic nitrogens is 5. The second-order valence-electron chi connectivity index (χ2n) is 6.46. The number of rotatable bonds is 4. The van der Waals surface area contributed by atoms with E-state index in [1.165, 1.54) is 0 Å². The van der Waals surface area contributed by atoms with Crippen LogP contribution >= 0.6 is 0 Å². The third kappa shape index (κ3) is 3.39. The first kappa shape index (κ1) is 15.8. The molecular formula is C17H21N7O. The highest BCUT2D eigenvalue weighted by atomic mass is 16.2. The maximum Gasteiger partial charge on any atom is 0.239 e. The Bertz CT molecular complexity index is 876. The number of hydrogen-bond acceptors (Lipinski definition) is 5. The first-order chi connectivity index (χ1) is 12.2. The molecule has 0 saturated carbocycles. The van der Waals surface area contributed by atoms with E-state index in [4.69, 9.17) is 0 Å². The highest BCUT2D eigenvalue weighted by Crippen LogP contribution is 2.26. The first-order valence-electron chi connectivity index (χ1n) is 8.50. The number of carbonyl (C=O) groups excluding carboxylic acids is 1. The van der Waals surface area contributed by atoms with Gasteiger partial charge in [0.2, 0.25) is 5.91 Å². The van der Waals surface area contributed by atoms with Crippen molar-refractivity contribution in [1.29, 1.82) is 0 Å². The average Bonchev–Trinajstić information content (AvgIpc) is 3.22. The lowest BCUT2D eigenvalue weighted by Gasteiger charge is -2.30. The molecule has 8 heteroatoms. The largest absolute Gasteiger partial charge is 0.308 e. The van der Waals surface area contributed by atoms with E-state index < -0.39 is 0 Å². The number of amides is 1. The normalized spacial score (nSPS) is 16.4. The van der Waals surface area contributed by atoms with E-state index in [0.717, 1.165) is 37.4 Å². The Balaban J connectivity index is 1.33. The Morgan fingerprint density at radius 3 is 2.80 bits per heavy atom. The third-order valence-electron chi connectivity index (χ3n) is 4.64. The van der Waals surface area contributed by atoms with Crippen LogP contribution in [-0.4, -0.2) is 54.8 Å². The van der Waals surface area contributed by atoms with E-state index in [9.17, 15) is 4.79 Å². The minimum absolute atomic E-state index is 0.0231. The Hall–Kier alpha value is -2.74. The molecule has 0 bridgehead atoms. The van der Waals surface area contributed by atoms with Crippen molar-refractivity contribution in [1.82, 2.24) is 29.3 Å². The van der Waals surface area contributed by atoms with Crippen molar-refractivity contribution in [3.05, 3.63) is 42.5 Å². The van der Waals surface area contributed by atoms with Gasteiger partial charge in [0.15, 0.2) is 11.5 Å². The average molecular weight is 339 g/mol. The topological polar surface area (TPSA) is 80.4 Å². The molecule has 1 aliphatic rings. The molecule has 1 saturated heterocycles. The first-order valence-corrected chi connectivity index (χ1v) is 8.50. The second-order valence-corrected chi connectivity index (χ2v) is 6.46. The Kier molecular flexibility index (Phi) is 4.19. The second kappa shape index (κ2) is 6.64. The van der Waals surface area contributed by atoms with Gasteiger partial charge in [0.05, 0.1) is 6.54 Å². The zero-order valence-electron chi connectivity index (χ0n) is 14.2. The number of pyridine rings is 1. The molecule has 0 aromatic carbocycles. The van der Waals surface area contributed by atoms with E-state index in [2.05, 4.69) is 29.9 Å². The molecule has 0 radical (unpaired) electrons. The maximum atomic E-state index is 12.1. The van der Waals surface area contributed by atoms with Gasteiger partial charge in [-0.3, -0.25) is 18.8 Å². The van der Waals surface area contributed by atoms with Crippen LogP contribution in [0.15, 0.2) is 36.7 Å². The third-order valence-corrected chi connectivity index (χ3v) is 4.64. The molecule has 1 fully saturated rings. The number of hydrogen-bond donors (Lipinski definition) is 1. The van der Waals surface area contributed by atoms with Gasteiger partial charge in [0, 0.05) is 31.4 Å². The Morgan fingerprint density at radius 2 is 2.04 bits per heavy atom. The monoisotopic (exact) mass is 339 g/mol. The molecule has 3 aromatic heterocycles. The van der Waals surface area contributed by atoms with Gasteiger partial charge in [0.1, 0.15) is 5.82 Å². The maximum absolute atomic E-state index is 12.1. The van der Waals surface area contributed by atoms with E-state index >= 15 is 0 Å². The minimum atomic E-state index is -0.0231. The van der Waals surface area contributed by atoms with Crippen molar-refractivity contribution in [3.8, 4) is 0 Å². The highest BCUT2D eigenvalue weighted by Gasteiger charge is 2.25. The van der Waals surface area contributed by atoms with Crippen LogP contribution in [0.2, 0.25) is 0 Å². The zero-order chi connectivity index (χ0) is 17.2. The molecule has 0 unspecified atom stereocenters. The molecule has 8 nitrogen and oxygen atoms in total. The summed E-state index contributed by atoms with van der Waals surface area (Å²) in [7, 11) is 1.83. The number of nitrogens with zero attached hydrogens (tertiary/aromatic N) is 6. The molecule has 1 amide bonds. The highest BCUT2D eigenvalue weighted by molar-refractivity contribution is 5.91. The standard InChI is InChI=1S/C17H21N7O/c1-22-9-7-14(21-22)18-16(25)12-23-10-5-13(6-11-23)17-20-19-15-4-2-3-8-24(15)17/h2-4,7-9,13H,5-6,10-12H2,1H3,(H,18,21,25). The van der Waals surface area contributed by atoms with Crippen LogP contribution in [0.3, 0.4) is 0 Å². The lowest BCUT2D eigenvalue weighted by Crippen LogP contribution is -2.39. The number of likely N-dealkylation sites (tertiary alicyclic amines) is 1. The SMILES string of the molecule is Cn1ccc(NC(=O)CN2CCC(c3nnc4ccccn34)CC2)n1. The fraction of sp³-hybridized carbons (Fsp3) is 0.412. The fourth-order valence-corrected chi connectivity index (χ4v) is 3.35. The van der Waals surface area contributed by atoms with E-state index in [1.54, 1.807) is 10.7 Å². The molecule has 3 aromatic rings. The fourth-order valence-electron chi connectivity index (χ4n) is 3.35. The summed E-state index contributed by atoms with van der Waals surface area (Å²) >= 11 is 0. The van der Waals surface area contributed by atoms with Crippen LogP contribution in [0.5, 0.6) is 0 Å². The van der Waals surface area contributed by atoms with Gasteiger partial charge in [-0.25, -0.2) is 0 Å². The van der Waals surface area contributed by atoms with Crippen LogP contribution in [-0.2, 0) is 11.8 Å². The number of fused-ring (bicyclic) bond motifs is 1. The van der Waals surface area contributed by atoms with Gasteiger partial charge in [-0.15, -0.1) is 10.2 Å². The summed E-state index contributed by atoms with van der Waals surface area (Å²) in [5, 5.41) is 15.6. The summed E-state index contributed by atoms with van der Waals surface area (Å²) in [5.74, 6) is 1.98. The van der Waals surface area contributed by atoms with Crippen LogP contribution in [0.1, 0.15) is 24.6 Å². The predicted octanol–water partition coefficient (Wildman–Crippen LogP) is 1.28. The predicted molar refractivity (Wildman–Crippen MR) is 93.2 cm³/mol. The van der Waals surface area contributed by atoms with Gasteiger partial charge in [-0.05, 0) is 38.1 Å². The van der Waals surface area contributed by atoms with Gasteiger partial charge < -0.3 is 5.32 Å². The van der Waals surface area contributed by atoms with Crippen LogP contribution < -0.4 is 5.32 Å². The molecule has 0 spiro atoms. The van der Waals surface area contributed by atoms with Gasteiger partial charge in [0.25, 0.3) is 0 Å². The number of carbonyl (C=O) groups is 1. The number of nitrogens with one attached hydrogen (secondary N) is 1. The summed E-state index contributed by atoms with van der Waals surface area (Å²) in [6.45, 7) is 2.15. The summed E-state index contributed by atoms with van der Waals surface area (Å²) in [4.78, 5) is 14.3. The van der Waals surface area contributed by atoms with E-state index in [-0.39, 0.29) is 5.91 Å². The quantitative estimate of drug-likeness (QED) is 0.774. The van der Waals surface area contributed by atoms with E-state index in [1.807, 2.05) is 37.6 Å². The molecule has 0 aliphatic carbocycles. The smallest absolute Gasteiger partial charge is 0.239 e. The molecule has 1 aliphatic heterocycles. The molecule has 25 heavy (non-hydrogen) atoms. The lowest BCUT2D eigenvalue weighted by molar-refractivity contribution is -0.117. The van der Waals surface area contributed by atoms with Crippen molar-refractivity contribution in [3.63, 3.8) is 0 Å². The van der Waals surface area contributed by atoms with Crippen LogP contribution in [0.4, 0.5) is 5.82 Å². The summed E-state index contributed by atoms with van der Waals surface area (Å²) in [6.07, 6.45) is 5.78. The molecule has 130 valence electrons. The molecule has 0 atom stereocenters. The molecule has 1 N–H and O–H groups in total. The Labute approximate surface area is 145 Å². The summed E-state index contributed by atoms with van der Waals surface area (Å²) in [6, 6.07) is 7.72. The number of aryl methyl sites for hydroxylation is 1. The molecule has 4 heterocycles. The number of piperidine rings is 1. The summed E-state index contributed by atoms with van der Waals surface area (Å²) < 4.78 is 3.73. The van der Waals surface area contributed by atoms with Gasteiger partial charge in [-0.2, -0.15) is 5.10 Å². The zero-order valence-corrected chi connectivity index (χ0v) is 14.2. The van der Waals surface area contributed by atoms with Gasteiger partial charge in [-0.1, -0.05) is 6.07 Å². The van der Waals surface area contributed by atoms with E-state index in [0.29, 0.717) is 18.3 Å². The minimum Gasteiger partial charge on any atom is -0.308 e. The van der Waals surface area contributed by atoms with Crippen molar-refractivity contribution in [2.24, 2.45) is 7.05 Å². The van der Waals surface area contributed by atoms with Crippen LogP contribution in [0, 0.1) is 0 Å². The number of anilines is 1. The van der Waals surface area contributed by atoms with Gasteiger partial charge >= 0.3 is 0 Å². The van der Waals surface area contributed by atoms with Crippen molar-refractivity contribution >= 4 is 17.4 Å². The lowest BCUT2D eigenvalue weighted by atomic mass is 9.96. The Morgan fingerprint density at radius 1 is 1.20 bits per heavy atom. The summed E-state index contributed by atoms with van der Waals surface area (Å²) in [5.41, 5.74) is 0.884. The van der Waals surface area contributed by atoms with Crippen molar-refractivity contribution < 1.29 is 4.79 Å². The molecule has 4 rings (SSSR count). The van der Waals surface area contributed by atoms with Crippen molar-refractivity contribution in [2.45, 2.75) is 18.8 Å². The molecular weight excluding hydrogens is 318 g/mol.